The van der Waals surface area contributed by atoms with Crippen LogP contribution in [-0.2, 0) is 0 Å². The third kappa shape index (κ3) is 1.72. The molecule has 0 aromatic carbocycles. The van der Waals surface area contributed by atoms with Gasteiger partial charge in [-0.3, -0.25) is 4.79 Å². The van der Waals surface area contributed by atoms with E-state index in [9.17, 15) is 4.79 Å². The molecule has 0 atom stereocenters. The minimum atomic E-state index is 0.549. The van der Waals surface area contributed by atoms with E-state index in [1.807, 2.05) is 12.1 Å². The lowest BCUT2D eigenvalue weighted by Gasteiger charge is -1.98. The Morgan fingerprint density at radius 2 is 2.21 bits per heavy atom. The molecule has 70 valence electrons. The average molecular weight is 252 g/mol. The number of aldehydes is 1. The highest BCUT2D eigenvalue weighted by Crippen LogP contribution is 2.10. The van der Waals surface area contributed by atoms with Crippen LogP contribution in [0.25, 0.3) is 5.69 Å². The van der Waals surface area contributed by atoms with E-state index in [0.717, 1.165) is 16.6 Å². The van der Waals surface area contributed by atoms with Crippen molar-refractivity contribution in [3.63, 3.8) is 0 Å². The van der Waals surface area contributed by atoms with Gasteiger partial charge in [-0.05, 0) is 28.1 Å². The first-order valence-electron chi connectivity index (χ1n) is 3.91. The smallest absolute Gasteiger partial charge is 0.153 e. The zero-order valence-corrected chi connectivity index (χ0v) is 8.68. The van der Waals surface area contributed by atoms with E-state index >= 15 is 0 Å². The number of nitrogens with zero attached hydrogens (tertiary/aromatic N) is 3. The van der Waals surface area contributed by atoms with Crippen molar-refractivity contribution in [2.24, 2.45) is 0 Å². The lowest BCUT2D eigenvalue weighted by atomic mass is 10.4. The maximum Gasteiger partial charge on any atom is 0.153 e. The van der Waals surface area contributed by atoms with Crippen LogP contribution < -0.4 is 0 Å². The summed E-state index contributed by atoms with van der Waals surface area (Å²) in [5, 5.41) is 4.02. The van der Waals surface area contributed by atoms with Crippen LogP contribution >= 0.6 is 15.9 Å². The van der Waals surface area contributed by atoms with Gasteiger partial charge in [0.15, 0.2) is 6.29 Å². The predicted octanol–water partition coefficient (Wildman–Crippen LogP) is 1.84. The van der Waals surface area contributed by atoms with Gasteiger partial charge >= 0.3 is 0 Å². The number of hydrogen-bond donors (Lipinski definition) is 0. The Labute approximate surface area is 88.7 Å². The van der Waals surface area contributed by atoms with Crippen LogP contribution in [0.5, 0.6) is 0 Å². The predicted molar refractivity (Wildman–Crippen MR) is 54.4 cm³/mol. The second kappa shape index (κ2) is 3.71. The highest BCUT2D eigenvalue weighted by atomic mass is 79.9. The van der Waals surface area contributed by atoms with Gasteiger partial charge in [-0.2, -0.15) is 5.10 Å². The van der Waals surface area contributed by atoms with Gasteiger partial charge in [-0.25, -0.2) is 9.67 Å². The minimum Gasteiger partial charge on any atom is -0.298 e. The lowest BCUT2D eigenvalue weighted by molar-refractivity contribution is 0.112. The second-order valence-corrected chi connectivity index (χ2v) is 3.49. The van der Waals surface area contributed by atoms with Crippen LogP contribution in [-0.4, -0.2) is 21.1 Å². The molecule has 2 aromatic rings. The van der Waals surface area contributed by atoms with E-state index in [-0.39, 0.29) is 0 Å². The molecule has 0 amide bonds. The first-order chi connectivity index (χ1) is 6.79. The molecule has 14 heavy (non-hydrogen) atoms. The molecule has 0 fully saturated rings. The van der Waals surface area contributed by atoms with Gasteiger partial charge in [-0.1, -0.05) is 0 Å². The Hall–Kier alpha value is -1.49. The molecule has 0 spiro atoms. The monoisotopic (exact) mass is 251 g/mol. The van der Waals surface area contributed by atoms with Gasteiger partial charge in [0.2, 0.25) is 0 Å². The Kier molecular flexibility index (Phi) is 2.41. The van der Waals surface area contributed by atoms with E-state index in [0.29, 0.717) is 5.56 Å². The fourth-order valence-corrected chi connectivity index (χ4v) is 1.28. The van der Waals surface area contributed by atoms with Gasteiger partial charge < -0.3 is 0 Å². The molecule has 0 aliphatic heterocycles. The third-order valence-electron chi connectivity index (χ3n) is 1.71. The largest absolute Gasteiger partial charge is 0.298 e. The quantitative estimate of drug-likeness (QED) is 0.605. The fraction of sp³-hybridized carbons (Fsp3) is 0. The van der Waals surface area contributed by atoms with Crippen LogP contribution in [0.1, 0.15) is 10.4 Å². The number of pyridine rings is 1. The molecule has 0 unspecified atom stereocenters. The minimum absolute atomic E-state index is 0.549. The number of rotatable bonds is 2. The second-order valence-electron chi connectivity index (χ2n) is 2.68. The molecule has 2 rings (SSSR count). The molecule has 2 heterocycles. The SMILES string of the molecule is O=Cc1cnn(-c2ccc(Br)nc2)c1. The molecule has 2 aromatic heterocycles. The van der Waals surface area contributed by atoms with Crippen molar-refractivity contribution >= 4 is 22.2 Å². The van der Waals surface area contributed by atoms with E-state index in [1.54, 1.807) is 17.1 Å². The Bertz CT molecular complexity index is 449. The fourth-order valence-electron chi connectivity index (χ4n) is 1.04. The van der Waals surface area contributed by atoms with Crippen molar-refractivity contribution in [1.82, 2.24) is 14.8 Å². The molecule has 0 saturated heterocycles. The van der Waals surface area contributed by atoms with Crippen molar-refractivity contribution in [3.8, 4) is 5.69 Å². The summed E-state index contributed by atoms with van der Waals surface area (Å²) in [5.41, 5.74) is 1.37. The number of hydrogen-bond acceptors (Lipinski definition) is 3. The average Bonchev–Trinajstić information content (AvgIpc) is 2.67. The summed E-state index contributed by atoms with van der Waals surface area (Å²) in [4.78, 5) is 14.5. The highest BCUT2D eigenvalue weighted by molar-refractivity contribution is 9.10. The summed E-state index contributed by atoms with van der Waals surface area (Å²) in [6, 6.07) is 3.68. The Morgan fingerprint density at radius 3 is 2.79 bits per heavy atom. The number of aromatic nitrogens is 3. The maximum atomic E-state index is 10.4. The topological polar surface area (TPSA) is 47.8 Å². The summed E-state index contributed by atoms with van der Waals surface area (Å²) in [6.07, 6.45) is 5.59. The van der Waals surface area contributed by atoms with Crippen LogP contribution in [0, 0.1) is 0 Å². The molecular weight excluding hydrogens is 246 g/mol. The van der Waals surface area contributed by atoms with E-state index in [4.69, 9.17) is 0 Å². The number of halogens is 1. The Morgan fingerprint density at radius 1 is 1.36 bits per heavy atom. The van der Waals surface area contributed by atoms with Gasteiger partial charge in [-0.15, -0.1) is 0 Å². The normalized spacial score (nSPS) is 10.1. The van der Waals surface area contributed by atoms with E-state index < -0.39 is 0 Å². The van der Waals surface area contributed by atoms with Gasteiger partial charge in [0.05, 0.1) is 23.6 Å². The zero-order chi connectivity index (χ0) is 9.97. The summed E-state index contributed by atoms with van der Waals surface area (Å²) < 4.78 is 2.37. The number of carbonyl (C=O) groups is 1. The van der Waals surface area contributed by atoms with E-state index in [2.05, 4.69) is 26.0 Å². The molecule has 0 radical (unpaired) electrons. The Balaban J connectivity index is 2.39. The summed E-state index contributed by atoms with van der Waals surface area (Å²) in [7, 11) is 0. The highest BCUT2D eigenvalue weighted by Gasteiger charge is 1.99. The van der Waals surface area contributed by atoms with Gasteiger partial charge in [0.1, 0.15) is 4.60 Å². The van der Waals surface area contributed by atoms with Crippen molar-refractivity contribution in [3.05, 3.63) is 40.9 Å². The van der Waals surface area contributed by atoms with Crippen LogP contribution in [0.15, 0.2) is 35.3 Å². The third-order valence-corrected chi connectivity index (χ3v) is 2.18. The van der Waals surface area contributed by atoms with Crippen LogP contribution in [0.2, 0.25) is 0 Å². The molecule has 0 N–H and O–H groups in total. The molecule has 0 saturated carbocycles. The van der Waals surface area contributed by atoms with Crippen molar-refractivity contribution in [2.45, 2.75) is 0 Å². The molecule has 0 aliphatic carbocycles. The van der Waals surface area contributed by atoms with Crippen LogP contribution in [0.4, 0.5) is 0 Å². The summed E-state index contributed by atoms with van der Waals surface area (Å²) >= 11 is 3.24. The molecule has 0 aliphatic rings. The summed E-state index contributed by atoms with van der Waals surface area (Å²) in [6.45, 7) is 0. The first kappa shape index (κ1) is 9.08. The van der Waals surface area contributed by atoms with Gasteiger partial charge in [0.25, 0.3) is 0 Å². The molecule has 0 bridgehead atoms. The van der Waals surface area contributed by atoms with Crippen molar-refractivity contribution in [2.75, 3.05) is 0 Å². The summed E-state index contributed by atoms with van der Waals surface area (Å²) in [5.74, 6) is 0. The zero-order valence-electron chi connectivity index (χ0n) is 7.09. The standard InChI is InChI=1S/C9H6BrN3O/c10-9-2-1-8(4-11-9)13-5-7(6-14)3-12-13/h1-6H. The van der Waals surface area contributed by atoms with Crippen LogP contribution in [0.3, 0.4) is 0 Å². The van der Waals surface area contributed by atoms with Gasteiger partial charge in [0, 0.05) is 6.20 Å². The van der Waals surface area contributed by atoms with Crippen molar-refractivity contribution in [1.29, 1.82) is 0 Å². The maximum absolute atomic E-state index is 10.4. The molecule has 4 nitrogen and oxygen atoms in total. The van der Waals surface area contributed by atoms with Crippen molar-refractivity contribution < 1.29 is 4.79 Å². The molecule has 5 heteroatoms. The van der Waals surface area contributed by atoms with E-state index in [1.165, 1.54) is 6.20 Å². The molecular formula is C9H6BrN3O. The number of carbonyl (C=O) groups excluding carboxylic acids is 1. The first-order valence-corrected chi connectivity index (χ1v) is 4.70. The lowest BCUT2D eigenvalue weighted by Crippen LogP contribution is -1.94.